The van der Waals surface area contributed by atoms with Crippen LogP contribution in [0, 0.1) is 59.2 Å². The second-order valence-corrected chi connectivity index (χ2v) is 15.0. The van der Waals surface area contributed by atoms with Crippen molar-refractivity contribution >= 4 is 0 Å². The molecule has 6 aliphatic rings. The van der Waals surface area contributed by atoms with Crippen molar-refractivity contribution in [2.24, 2.45) is 59.2 Å². The van der Waals surface area contributed by atoms with Crippen molar-refractivity contribution in [1.29, 1.82) is 0 Å². The lowest BCUT2D eigenvalue weighted by Gasteiger charge is -2.56. The second kappa shape index (κ2) is 9.61. The highest BCUT2D eigenvalue weighted by atomic mass is 14.7. The molecular weight excluding hydrogens is 480 g/mol. The van der Waals surface area contributed by atoms with E-state index < -0.39 is 0 Å². The van der Waals surface area contributed by atoms with Crippen LogP contribution in [0.4, 0.5) is 0 Å². The van der Waals surface area contributed by atoms with E-state index in [2.05, 4.69) is 91.0 Å². The highest BCUT2D eigenvalue weighted by Gasteiger charge is 2.66. The molecule has 0 heteroatoms. The molecule has 0 saturated heterocycles. The molecule has 0 amide bonds. The Balaban J connectivity index is 1.21. The Labute approximate surface area is 242 Å². The van der Waals surface area contributed by atoms with E-state index in [0.29, 0.717) is 0 Å². The van der Waals surface area contributed by atoms with Gasteiger partial charge in [0.05, 0.1) is 0 Å². The number of benzene rings is 3. The predicted molar refractivity (Wildman–Crippen MR) is 164 cm³/mol. The van der Waals surface area contributed by atoms with Crippen LogP contribution >= 0.6 is 0 Å². The van der Waals surface area contributed by atoms with Gasteiger partial charge in [-0.3, -0.25) is 0 Å². The zero-order valence-electron chi connectivity index (χ0n) is 24.0. The monoisotopic (exact) mass is 526 g/mol. The summed E-state index contributed by atoms with van der Waals surface area (Å²) in [6.45, 7) is 0. The van der Waals surface area contributed by atoms with Gasteiger partial charge in [-0.2, -0.15) is 0 Å². The van der Waals surface area contributed by atoms with Crippen molar-refractivity contribution in [2.45, 2.75) is 75.5 Å². The molecule has 0 nitrogen and oxygen atoms in total. The molecule has 3 aromatic rings. The van der Waals surface area contributed by atoms with Crippen molar-refractivity contribution in [2.75, 3.05) is 0 Å². The van der Waals surface area contributed by atoms with Crippen molar-refractivity contribution in [1.82, 2.24) is 0 Å². The Morgan fingerprint density at radius 3 is 1.35 bits per heavy atom. The van der Waals surface area contributed by atoms with Crippen molar-refractivity contribution in [3.05, 3.63) is 108 Å². The molecule has 206 valence electrons. The average molecular weight is 527 g/mol. The zero-order valence-corrected chi connectivity index (χ0v) is 24.0. The van der Waals surface area contributed by atoms with Gasteiger partial charge in [-0.15, -0.1) is 0 Å². The smallest absolute Gasteiger partial charge is 0.00965 e. The lowest BCUT2D eigenvalue weighted by atomic mass is 9.48. The summed E-state index contributed by atoms with van der Waals surface area (Å²) in [5.74, 6) is 11.8. The highest BCUT2D eigenvalue weighted by Crippen LogP contribution is 2.74. The van der Waals surface area contributed by atoms with E-state index in [0.717, 1.165) is 76.9 Å². The van der Waals surface area contributed by atoms with Crippen molar-refractivity contribution in [3.8, 4) is 0 Å². The highest BCUT2D eigenvalue weighted by molar-refractivity contribution is 5.33. The lowest BCUT2D eigenvalue weighted by molar-refractivity contribution is 0.00463. The van der Waals surface area contributed by atoms with Crippen LogP contribution in [0.1, 0.15) is 92.2 Å². The first-order valence-corrected chi connectivity index (χ1v) is 17.0. The Kier molecular flexibility index (Phi) is 5.83. The van der Waals surface area contributed by atoms with Crippen LogP contribution in [0.15, 0.2) is 91.0 Å². The van der Waals surface area contributed by atoms with Crippen LogP contribution in [-0.4, -0.2) is 0 Å². The molecule has 40 heavy (non-hydrogen) atoms. The standard InChI is InChI=1S/C40H46/c1-4-10-25(11-5-1)30-20-21-31-34(24-30)37(27-14-8-3-9-15-27)40-33-23-19-29-17-16-28-18-22-32(38(33)35(28)29)39(40)36(31)26-12-6-2-7-13-26/h1-15,28-40H,16-24H2. The van der Waals surface area contributed by atoms with Gasteiger partial charge in [-0.05, 0) is 151 Å². The topological polar surface area (TPSA) is 0 Å². The van der Waals surface area contributed by atoms with E-state index in [-0.39, 0.29) is 0 Å². The zero-order chi connectivity index (χ0) is 26.2. The third-order valence-corrected chi connectivity index (χ3v) is 14.0. The minimum Gasteiger partial charge on any atom is -0.0622 e. The van der Waals surface area contributed by atoms with Gasteiger partial charge in [-0.1, -0.05) is 91.0 Å². The van der Waals surface area contributed by atoms with E-state index in [1.165, 1.54) is 38.5 Å². The van der Waals surface area contributed by atoms with E-state index in [1.807, 2.05) is 0 Å². The average Bonchev–Trinajstić information content (AvgIpc) is 3.59. The lowest BCUT2D eigenvalue weighted by Crippen LogP contribution is -2.47. The van der Waals surface area contributed by atoms with Gasteiger partial charge in [0.15, 0.2) is 0 Å². The number of hydrogen-bond acceptors (Lipinski definition) is 0. The molecule has 0 aromatic heterocycles. The van der Waals surface area contributed by atoms with Gasteiger partial charge >= 0.3 is 0 Å². The van der Waals surface area contributed by atoms with Crippen molar-refractivity contribution in [3.63, 3.8) is 0 Å². The molecule has 0 N–H and O–H groups in total. The molecule has 0 bridgehead atoms. The van der Waals surface area contributed by atoms with Gasteiger partial charge in [0, 0.05) is 0 Å². The maximum Gasteiger partial charge on any atom is -0.00965 e. The minimum absolute atomic E-state index is 0.722. The number of fused-ring (bicyclic) bond motifs is 4. The summed E-state index contributed by atoms with van der Waals surface area (Å²) >= 11 is 0. The van der Waals surface area contributed by atoms with Crippen LogP contribution in [0.5, 0.6) is 0 Å². The molecule has 3 aromatic carbocycles. The maximum atomic E-state index is 2.54. The summed E-state index contributed by atoms with van der Waals surface area (Å²) in [5, 5.41) is 0. The van der Waals surface area contributed by atoms with Crippen LogP contribution < -0.4 is 0 Å². The first-order chi connectivity index (χ1) is 19.9. The first kappa shape index (κ1) is 24.3. The van der Waals surface area contributed by atoms with E-state index in [1.54, 1.807) is 36.0 Å². The maximum absolute atomic E-state index is 2.54. The van der Waals surface area contributed by atoms with Crippen LogP contribution in [0.2, 0.25) is 0 Å². The minimum atomic E-state index is 0.722. The third kappa shape index (κ3) is 3.56. The predicted octanol–water partition coefficient (Wildman–Crippen LogP) is 10.1. The fraction of sp³-hybridized carbons (Fsp3) is 0.550. The Morgan fingerprint density at radius 1 is 0.350 bits per heavy atom. The molecule has 13 atom stereocenters. The fourth-order valence-electron chi connectivity index (χ4n) is 13.0. The molecular formula is C40H46. The summed E-state index contributed by atoms with van der Waals surface area (Å²) in [6.07, 6.45) is 13.4. The van der Waals surface area contributed by atoms with Crippen molar-refractivity contribution < 1.29 is 0 Å². The summed E-state index contributed by atoms with van der Waals surface area (Å²) in [7, 11) is 0. The fourth-order valence-corrected chi connectivity index (χ4v) is 13.0. The summed E-state index contributed by atoms with van der Waals surface area (Å²) < 4.78 is 0. The largest absolute Gasteiger partial charge is 0.0622 e. The Hall–Kier alpha value is -2.34. The molecule has 0 radical (unpaired) electrons. The van der Waals surface area contributed by atoms with Gasteiger partial charge in [0.25, 0.3) is 0 Å². The molecule has 6 saturated carbocycles. The Bertz CT molecular complexity index is 1310. The summed E-state index contributed by atoms with van der Waals surface area (Å²) in [4.78, 5) is 0. The quantitative estimate of drug-likeness (QED) is 0.318. The molecule has 6 fully saturated rings. The van der Waals surface area contributed by atoms with Gasteiger partial charge < -0.3 is 0 Å². The third-order valence-electron chi connectivity index (χ3n) is 14.0. The van der Waals surface area contributed by atoms with E-state index >= 15 is 0 Å². The SMILES string of the molecule is c1ccc(C2CCC3C(C2)C(c2ccccc2)C2C4CCC5CCC6CCC(C4C65)C2C3c2ccccc2)cc1. The molecule has 0 aliphatic heterocycles. The van der Waals surface area contributed by atoms with Crippen LogP contribution in [-0.2, 0) is 0 Å². The number of rotatable bonds is 3. The van der Waals surface area contributed by atoms with Crippen LogP contribution in [0.25, 0.3) is 0 Å². The van der Waals surface area contributed by atoms with Gasteiger partial charge in [0.2, 0.25) is 0 Å². The summed E-state index contributed by atoms with van der Waals surface area (Å²) in [5.41, 5.74) is 4.98. The normalized spacial score (nSPS) is 44.9. The van der Waals surface area contributed by atoms with Crippen LogP contribution in [0.3, 0.4) is 0 Å². The second-order valence-electron chi connectivity index (χ2n) is 15.0. The summed E-state index contributed by atoms with van der Waals surface area (Å²) in [6, 6.07) is 35.7. The molecule has 0 heterocycles. The Morgan fingerprint density at radius 2 is 0.800 bits per heavy atom. The van der Waals surface area contributed by atoms with E-state index in [9.17, 15) is 0 Å². The molecule has 6 aliphatic carbocycles. The van der Waals surface area contributed by atoms with E-state index in [4.69, 9.17) is 0 Å². The molecule has 13 unspecified atom stereocenters. The molecule has 0 spiro atoms. The first-order valence-electron chi connectivity index (χ1n) is 17.0. The molecule has 9 rings (SSSR count). The van der Waals surface area contributed by atoms with Gasteiger partial charge in [0.1, 0.15) is 0 Å². The van der Waals surface area contributed by atoms with Gasteiger partial charge in [-0.25, -0.2) is 0 Å². The number of hydrogen-bond donors (Lipinski definition) is 0.